The average molecular weight is 607 g/mol. The van der Waals surface area contributed by atoms with Gasteiger partial charge in [-0.15, -0.1) is 0 Å². The minimum Gasteiger partial charge on any atom is -0.336 e. The van der Waals surface area contributed by atoms with E-state index < -0.39 is 11.2 Å². The van der Waals surface area contributed by atoms with E-state index in [4.69, 9.17) is 9.97 Å². The van der Waals surface area contributed by atoms with Crippen LogP contribution in [-0.2, 0) is 10.2 Å². The van der Waals surface area contributed by atoms with Crippen molar-refractivity contribution >= 4 is 34.1 Å². The van der Waals surface area contributed by atoms with Gasteiger partial charge in [0.15, 0.2) is 11.6 Å². The number of piperidine rings is 2. The van der Waals surface area contributed by atoms with Crippen LogP contribution in [0.2, 0.25) is 0 Å². The summed E-state index contributed by atoms with van der Waals surface area (Å²) in [6, 6.07) is 11.8. The maximum atomic E-state index is 14.7. The summed E-state index contributed by atoms with van der Waals surface area (Å²) in [5.74, 6) is 1.29. The van der Waals surface area contributed by atoms with Crippen molar-refractivity contribution in [3.63, 3.8) is 0 Å². The second-order valence-corrected chi connectivity index (χ2v) is 14.1. The molecule has 10 heteroatoms. The molecule has 2 saturated heterocycles. The lowest BCUT2D eigenvalue weighted by molar-refractivity contribution is -0.128. The zero-order valence-electron chi connectivity index (χ0n) is 25.8. The molecule has 0 bridgehead atoms. The molecule has 2 saturated carbocycles. The van der Waals surface area contributed by atoms with Gasteiger partial charge in [0.1, 0.15) is 5.52 Å². The zero-order valence-corrected chi connectivity index (χ0v) is 25.8. The fraction of sp³-hybridized carbons (Fsp3) is 0.486. The number of pyridine rings is 2. The Balaban J connectivity index is 1.11. The Labute approximate surface area is 262 Å². The number of nitrogens with zero attached hydrogens (tertiary/aromatic N) is 6. The lowest BCUT2D eigenvalue weighted by atomic mass is 9.68. The third-order valence-electron chi connectivity index (χ3n) is 11.5. The van der Waals surface area contributed by atoms with Crippen molar-refractivity contribution in [2.75, 3.05) is 29.9 Å². The summed E-state index contributed by atoms with van der Waals surface area (Å²) in [6.07, 6.45) is 11.1. The van der Waals surface area contributed by atoms with Gasteiger partial charge >= 0.3 is 0 Å². The summed E-state index contributed by atoms with van der Waals surface area (Å²) < 4.78 is 16.8. The molecule has 6 heterocycles. The van der Waals surface area contributed by atoms with E-state index in [-0.39, 0.29) is 18.0 Å². The highest BCUT2D eigenvalue weighted by atomic mass is 19.1. The van der Waals surface area contributed by atoms with E-state index in [0.717, 1.165) is 84.3 Å². The van der Waals surface area contributed by atoms with Crippen molar-refractivity contribution < 1.29 is 9.18 Å². The monoisotopic (exact) mass is 606 g/mol. The molecule has 2 atom stereocenters. The van der Waals surface area contributed by atoms with Gasteiger partial charge in [0, 0.05) is 48.2 Å². The third-order valence-corrected chi connectivity index (χ3v) is 11.5. The lowest BCUT2D eigenvalue weighted by Gasteiger charge is -2.62. The molecule has 1 amide bonds. The summed E-state index contributed by atoms with van der Waals surface area (Å²) in [4.78, 5) is 33.0. The molecule has 2 N–H and O–H groups in total. The number of nitrogens with one attached hydrogen (secondary N) is 2. The van der Waals surface area contributed by atoms with E-state index in [0.29, 0.717) is 17.5 Å². The second kappa shape index (κ2) is 10.1. The predicted octanol–water partition coefficient (Wildman–Crippen LogP) is 5.55. The summed E-state index contributed by atoms with van der Waals surface area (Å²) in [7, 11) is 0. The van der Waals surface area contributed by atoms with Crippen molar-refractivity contribution in [2.24, 2.45) is 5.92 Å². The van der Waals surface area contributed by atoms with Crippen LogP contribution in [0, 0.1) is 11.7 Å². The predicted molar refractivity (Wildman–Crippen MR) is 172 cm³/mol. The fourth-order valence-corrected chi connectivity index (χ4v) is 8.67. The van der Waals surface area contributed by atoms with E-state index in [1.165, 1.54) is 25.6 Å². The van der Waals surface area contributed by atoms with Crippen LogP contribution in [0.1, 0.15) is 64.0 Å². The van der Waals surface area contributed by atoms with Gasteiger partial charge in [-0.1, -0.05) is 12.1 Å². The van der Waals surface area contributed by atoms with E-state index in [1.807, 2.05) is 12.4 Å². The molecule has 2 aliphatic carbocycles. The number of fused-ring (bicyclic) bond motifs is 4. The standard InChI is InChI=1S/C35H39FN8O/c1-20(2)43-19-39-29-16-28(41-33(32(29)43)40-27-7-10-38-17-26(27)36)21-3-5-25-31(13-21)44(34(45)35(25)8-11-37-12-9-35)24-14-23(15-24)42-18-22-4-6-30(22)42/h3,5,7,10,13,16-17,19-20,22-24,30,37H,4,6,8-9,11-12,14-15,18H2,1-2H3,(H,38,40,41)/t22?,23-,24+,30-/m1/s1. The second-order valence-electron chi connectivity index (χ2n) is 14.1. The van der Waals surface area contributed by atoms with Crippen LogP contribution >= 0.6 is 0 Å². The molecule has 4 aromatic rings. The van der Waals surface area contributed by atoms with Crippen LogP contribution in [0.4, 0.5) is 21.6 Å². The quantitative estimate of drug-likeness (QED) is 0.298. The molecule has 1 spiro atoms. The average Bonchev–Trinajstić information content (AvgIpc) is 3.54. The van der Waals surface area contributed by atoms with Crippen LogP contribution in [0.25, 0.3) is 22.3 Å². The maximum Gasteiger partial charge on any atom is 0.238 e. The van der Waals surface area contributed by atoms with Crippen molar-refractivity contribution in [1.82, 2.24) is 29.7 Å². The number of rotatable bonds is 6. The Hall–Kier alpha value is -3.89. The Bertz CT molecular complexity index is 1820. The largest absolute Gasteiger partial charge is 0.336 e. The molecule has 5 aliphatic rings. The van der Waals surface area contributed by atoms with Crippen LogP contribution in [0.5, 0.6) is 0 Å². The van der Waals surface area contributed by atoms with Crippen LogP contribution < -0.4 is 15.5 Å². The van der Waals surface area contributed by atoms with Gasteiger partial charge in [0.2, 0.25) is 5.91 Å². The number of likely N-dealkylation sites (tertiary alicyclic amines) is 1. The normalized spacial score (nSPS) is 26.8. The zero-order chi connectivity index (χ0) is 30.4. The summed E-state index contributed by atoms with van der Waals surface area (Å²) >= 11 is 0. The highest BCUT2D eigenvalue weighted by Gasteiger charge is 2.57. The summed E-state index contributed by atoms with van der Waals surface area (Å²) in [5.41, 5.74) is 5.30. The molecule has 1 unspecified atom stereocenters. The Morgan fingerprint density at radius 3 is 2.64 bits per heavy atom. The number of halogens is 1. The Kier molecular flexibility index (Phi) is 6.13. The van der Waals surface area contributed by atoms with Gasteiger partial charge in [-0.2, -0.15) is 0 Å². The van der Waals surface area contributed by atoms with Crippen LogP contribution in [0.15, 0.2) is 49.1 Å². The van der Waals surface area contributed by atoms with Gasteiger partial charge in [-0.25, -0.2) is 14.4 Å². The maximum absolute atomic E-state index is 14.7. The van der Waals surface area contributed by atoms with Gasteiger partial charge < -0.3 is 20.1 Å². The van der Waals surface area contributed by atoms with Crippen molar-refractivity contribution in [2.45, 2.75) is 82.0 Å². The van der Waals surface area contributed by atoms with E-state index in [2.05, 4.69) is 62.0 Å². The molecule has 9 rings (SSSR count). The molecule has 3 aliphatic heterocycles. The van der Waals surface area contributed by atoms with Crippen molar-refractivity contribution in [1.29, 1.82) is 0 Å². The van der Waals surface area contributed by atoms with Gasteiger partial charge in [0.25, 0.3) is 0 Å². The molecule has 1 aromatic carbocycles. The van der Waals surface area contributed by atoms with Gasteiger partial charge in [-0.3, -0.25) is 14.7 Å². The minimum atomic E-state index is -0.459. The third kappa shape index (κ3) is 4.04. The highest BCUT2D eigenvalue weighted by molar-refractivity contribution is 6.09. The van der Waals surface area contributed by atoms with Crippen molar-refractivity contribution in [3.8, 4) is 11.3 Å². The first-order chi connectivity index (χ1) is 21.9. The lowest BCUT2D eigenvalue weighted by Crippen LogP contribution is -2.69. The molecule has 0 radical (unpaired) electrons. The molecular weight excluding hydrogens is 567 g/mol. The van der Waals surface area contributed by atoms with Gasteiger partial charge in [0.05, 0.1) is 34.8 Å². The first kappa shape index (κ1) is 27.4. The number of anilines is 3. The van der Waals surface area contributed by atoms with E-state index in [1.54, 1.807) is 12.3 Å². The molecule has 3 aromatic heterocycles. The van der Waals surface area contributed by atoms with Crippen LogP contribution in [-0.4, -0.2) is 68.1 Å². The minimum absolute atomic E-state index is 0.143. The summed E-state index contributed by atoms with van der Waals surface area (Å²) in [5, 5.41) is 6.70. The molecule has 9 nitrogen and oxygen atoms in total. The highest BCUT2D eigenvalue weighted by Crippen LogP contribution is 2.53. The van der Waals surface area contributed by atoms with E-state index >= 15 is 0 Å². The molecular formula is C35H39FN8O. The number of amides is 1. The number of hydrogen-bond acceptors (Lipinski definition) is 7. The van der Waals surface area contributed by atoms with Gasteiger partial charge in [-0.05, 0) is 95.1 Å². The number of aromatic nitrogens is 4. The van der Waals surface area contributed by atoms with Crippen LogP contribution in [0.3, 0.4) is 0 Å². The molecule has 232 valence electrons. The SMILES string of the molecule is CC(C)n1cnc2cc(-c3ccc4c(c3)N([C@H]3C[C@@H](N5CC6CC[C@H]65)C3)C(=O)C43CCNCC3)nc(Nc3ccncc3F)c21. The molecule has 4 fully saturated rings. The first-order valence-electron chi connectivity index (χ1n) is 16.6. The number of hydrogen-bond donors (Lipinski definition) is 2. The fourth-order valence-electron chi connectivity index (χ4n) is 8.67. The van der Waals surface area contributed by atoms with E-state index in [9.17, 15) is 9.18 Å². The number of carbonyl (C=O) groups is 1. The summed E-state index contributed by atoms with van der Waals surface area (Å²) in [6.45, 7) is 7.12. The number of carbonyl (C=O) groups excluding carboxylic acids is 1. The smallest absolute Gasteiger partial charge is 0.238 e. The Morgan fingerprint density at radius 1 is 1.09 bits per heavy atom. The first-order valence-corrected chi connectivity index (χ1v) is 16.6. The number of benzene rings is 1. The molecule has 45 heavy (non-hydrogen) atoms. The Morgan fingerprint density at radius 2 is 1.93 bits per heavy atom. The number of imidazole rings is 1. The topological polar surface area (TPSA) is 91.2 Å². The van der Waals surface area contributed by atoms with Crippen molar-refractivity contribution in [3.05, 3.63) is 60.4 Å².